The largest absolute Gasteiger partial charge is 0.293 e. The Morgan fingerprint density at radius 1 is 1.19 bits per heavy atom. The van der Waals surface area contributed by atoms with Gasteiger partial charge in [-0.15, -0.1) is 0 Å². The Balaban J connectivity index is 2.57. The average Bonchev–Trinajstić information content (AvgIpc) is 2.27. The maximum Gasteiger partial charge on any atom is 0.178 e. The summed E-state index contributed by atoms with van der Waals surface area (Å²) in [7, 11) is 0. The van der Waals surface area contributed by atoms with Gasteiger partial charge < -0.3 is 0 Å². The maximum absolute atomic E-state index is 11.2. The van der Waals surface area contributed by atoms with Crippen molar-refractivity contribution in [1.29, 1.82) is 0 Å². The van der Waals surface area contributed by atoms with Crippen LogP contribution in [-0.2, 0) is 0 Å². The van der Waals surface area contributed by atoms with Crippen LogP contribution in [0.4, 0.5) is 0 Å². The summed E-state index contributed by atoms with van der Waals surface area (Å²) >= 11 is 0. The van der Waals surface area contributed by atoms with Crippen LogP contribution in [0.15, 0.2) is 30.3 Å². The molecule has 0 bridgehead atoms. The molecule has 1 aromatic heterocycles. The summed E-state index contributed by atoms with van der Waals surface area (Å²) in [6.07, 6.45) is 0. The molecule has 0 spiro atoms. The highest BCUT2D eigenvalue weighted by Gasteiger charge is 2.04. The fourth-order valence-corrected chi connectivity index (χ4v) is 1.70. The molecule has 0 fully saturated rings. The van der Waals surface area contributed by atoms with E-state index in [-0.39, 0.29) is 5.78 Å². The highest BCUT2D eigenvalue weighted by Crippen LogP contribution is 2.20. The number of ketones is 1. The fourth-order valence-electron chi connectivity index (χ4n) is 1.70. The number of rotatable bonds is 2. The lowest BCUT2D eigenvalue weighted by Crippen LogP contribution is -1.96. The number of hydrogen-bond acceptors (Lipinski definition) is 2. The van der Waals surface area contributed by atoms with E-state index in [0.29, 0.717) is 11.6 Å². The standard InChI is InChI=1S/C14H15NO/c1-9(2)11-4-7-14-12(8-11)5-6-13(15-14)10(3)16/h4-9H,1-3H3. The van der Waals surface area contributed by atoms with Crippen molar-refractivity contribution in [2.45, 2.75) is 26.7 Å². The van der Waals surface area contributed by atoms with Gasteiger partial charge in [-0.1, -0.05) is 26.0 Å². The Labute approximate surface area is 95.3 Å². The van der Waals surface area contributed by atoms with Crippen LogP contribution in [0.2, 0.25) is 0 Å². The number of nitrogens with zero attached hydrogens (tertiary/aromatic N) is 1. The maximum atomic E-state index is 11.2. The first-order valence-electron chi connectivity index (χ1n) is 5.49. The summed E-state index contributed by atoms with van der Waals surface area (Å²) in [6.45, 7) is 5.87. The molecular weight excluding hydrogens is 198 g/mol. The molecule has 0 amide bonds. The molecule has 0 aliphatic carbocycles. The molecule has 0 aliphatic rings. The van der Waals surface area contributed by atoms with E-state index in [4.69, 9.17) is 0 Å². The third-order valence-electron chi connectivity index (χ3n) is 2.74. The van der Waals surface area contributed by atoms with E-state index >= 15 is 0 Å². The molecule has 16 heavy (non-hydrogen) atoms. The molecule has 2 aromatic rings. The predicted octanol–water partition coefficient (Wildman–Crippen LogP) is 3.56. The average molecular weight is 213 g/mol. The van der Waals surface area contributed by atoms with Crippen molar-refractivity contribution in [1.82, 2.24) is 4.98 Å². The third-order valence-corrected chi connectivity index (χ3v) is 2.74. The second kappa shape index (κ2) is 4.05. The molecule has 1 heterocycles. The zero-order chi connectivity index (χ0) is 11.7. The lowest BCUT2D eigenvalue weighted by Gasteiger charge is -2.06. The Morgan fingerprint density at radius 2 is 1.94 bits per heavy atom. The van der Waals surface area contributed by atoms with Gasteiger partial charge in [0.2, 0.25) is 0 Å². The van der Waals surface area contributed by atoms with E-state index in [1.165, 1.54) is 12.5 Å². The lowest BCUT2D eigenvalue weighted by molar-refractivity contribution is 0.101. The molecule has 0 atom stereocenters. The summed E-state index contributed by atoms with van der Waals surface area (Å²) in [5.74, 6) is 0.520. The number of benzene rings is 1. The van der Waals surface area contributed by atoms with E-state index in [2.05, 4.69) is 31.0 Å². The van der Waals surface area contributed by atoms with Gasteiger partial charge in [-0.05, 0) is 29.7 Å². The van der Waals surface area contributed by atoms with Crippen molar-refractivity contribution in [3.05, 3.63) is 41.6 Å². The topological polar surface area (TPSA) is 30.0 Å². The van der Waals surface area contributed by atoms with Gasteiger partial charge in [0, 0.05) is 12.3 Å². The minimum atomic E-state index is 0.00911. The van der Waals surface area contributed by atoms with Crippen LogP contribution < -0.4 is 0 Å². The number of carbonyl (C=O) groups excluding carboxylic acids is 1. The summed E-state index contributed by atoms with van der Waals surface area (Å²) in [5, 5.41) is 1.09. The summed E-state index contributed by atoms with van der Waals surface area (Å²) in [4.78, 5) is 15.5. The molecule has 0 aliphatic heterocycles. The minimum absolute atomic E-state index is 0.00911. The molecule has 82 valence electrons. The molecule has 2 rings (SSSR count). The Bertz CT molecular complexity index is 543. The van der Waals surface area contributed by atoms with Crippen molar-refractivity contribution in [2.75, 3.05) is 0 Å². The fraction of sp³-hybridized carbons (Fsp3) is 0.286. The molecule has 2 heteroatoms. The van der Waals surface area contributed by atoms with Gasteiger partial charge in [-0.2, -0.15) is 0 Å². The first kappa shape index (κ1) is 10.8. The van der Waals surface area contributed by atoms with Crippen LogP contribution in [0.25, 0.3) is 10.9 Å². The van der Waals surface area contributed by atoms with Crippen molar-refractivity contribution in [3.8, 4) is 0 Å². The van der Waals surface area contributed by atoms with Crippen LogP contribution >= 0.6 is 0 Å². The SMILES string of the molecule is CC(=O)c1ccc2cc(C(C)C)ccc2n1. The predicted molar refractivity (Wildman–Crippen MR) is 65.8 cm³/mol. The number of carbonyl (C=O) groups is 1. The van der Waals surface area contributed by atoms with E-state index in [9.17, 15) is 4.79 Å². The van der Waals surface area contributed by atoms with E-state index in [1.54, 1.807) is 6.07 Å². The number of pyridine rings is 1. The summed E-state index contributed by atoms with van der Waals surface area (Å²) in [5.41, 5.74) is 2.71. The molecule has 0 unspecified atom stereocenters. The monoisotopic (exact) mass is 213 g/mol. The quantitative estimate of drug-likeness (QED) is 0.714. The zero-order valence-electron chi connectivity index (χ0n) is 9.82. The molecule has 0 radical (unpaired) electrons. The van der Waals surface area contributed by atoms with Gasteiger partial charge in [0.15, 0.2) is 5.78 Å². The van der Waals surface area contributed by atoms with E-state index in [0.717, 1.165) is 10.9 Å². The van der Waals surface area contributed by atoms with Gasteiger partial charge in [-0.25, -0.2) is 4.98 Å². The molecule has 1 aromatic carbocycles. The molecular formula is C14H15NO. The second-order valence-electron chi connectivity index (χ2n) is 4.36. The first-order valence-corrected chi connectivity index (χ1v) is 5.49. The normalized spacial score (nSPS) is 11.0. The number of hydrogen-bond donors (Lipinski definition) is 0. The number of Topliss-reactive ketones (excluding diaryl/α,β-unsaturated/α-hetero) is 1. The van der Waals surface area contributed by atoms with Gasteiger partial charge in [0.25, 0.3) is 0 Å². The van der Waals surface area contributed by atoms with E-state index in [1.807, 2.05) is 12.1 Å². The van der Waals surface area contributed by atoms with Gasteiger partial charge in [-0.3, -0.25) is 4.79 Å². The van der Waals surface area contributed by atoms with Crippen LogP contribution in [0, 0.1) is 0 Å². The van der Waals surface area contributed by atoms with Crippen LogP contribution in [-0.4, -0.2) is 10.8 Å². The van der Waals surface area contributed by atoms with Gasteiger partial charge in [0.1, 0.15) is 5.69 Å². The van der Waals surface area contributed by atoms with E-state index < -0.39 is 0 Å². The highest BCUT2D eigenvalue weighted by molar-refractivity contribution is 5.94. The molecule has 0 N–H and O–H groups in total. The molecule has 0 saturated carbocycles. The molecule has 0 saturated heterocycles. The Morgan fingerprint density at radius 3 is 2.56 bits per heavy atom. The van der Waals surface area contributed by atoms with Gasteiger partial charge >= 0.3 is 0 Å². The van der Waals surface area contributed by atoms with Crippen molar-refractivity contribution >= 4 is 16.7 Å². The Hall–Kier alpha value is -1.70. The second-order valence-corrected chi connectivity index (χ2v) is 4.36. The highest BCUT2D eigenvalue weighted by atomic mass is 16.1. The smallest absolute Gasteiger partial charge is 0.178 e. The first-order chi connectivity index (χ1) is 7.58. The zero-order valence-corrected chi connectivity index (χ0v) is 9.82. The van der Waals surface area contributed by atoms with Crippen LogP contribution in [0.3, 0.4) is 0 Å². The number of fused-ring (bicyclic) bond motifs is 1. The van der Waals surface area contributed by atoms with Crippen molar-refractivity contribution in [3.63, 3.8) is 0 Å². The Kier molecular flexibility index (Phi) is 2.73. The van der Waals surface area contributed by atoms with Crippen LogP contribution in [0.1, 0.15) is 42.7 Å². The minimum Gasteiger partial charge on any atom is -0.293 e. The summed E-state index contributed by atoms with van der Waals surface area (Å²) in [6, 6.07) is 9.94. The lowest BCUT2D eigenvalue weighted by atomic mass is 10.0. The summed E-state index contributed by atoms with van der Waals surface area (Å²) < 4.78 is 0. The number of aromatic nitrogens is 1. The van der Waals surface area contributed by atoms with Crippen LogP contribution in [0.5, 0.6) is 0 Å². The van der Waals surface area contributed by atoms with Gasteiger partial charge in [0.05, 0.1) is 5.52 Å². The van der Waals surface area contributed by atoms with Crippen molar-refractivity contribution < 1.29 is 4.79 Å². The third kappa shape index (κ3) is 1.96. The van der Waals surface area contributed by atoms with Crippen molar-refractivity contribution in [2.24, 2.45) is 0 Å². The molecule has 2 nitrogen and oxygen atoms in total.